The summed E-state index contributed by atoms with van der Waals surface area (Å²) >= 11 is 3.39. The van der Waals surface area contributed by atoms with Crippen LogP contribution in [0.2, 0.25) is 0 Å². The number of nitrogens with zero attached hydrogens (tertiary/aromatic N) is 1. The average molecular weight is 345 g/mol. The number of nitrogens with one attached hydrogen (secondary N) is 1. The summed E-state index contributed by atoms with van der Waals surface area (Å²) in [5.74, 6) is 0.564. The van der Waals surface area contributed by atoms with Gasteiger partial charge < -0.3 is 9.84 Å². The van der Waals surface area contributed by atoms with E-state index in [9.17, 15) is 4.79 Å². The maximum Gasteiger partial charge on any atom is 0.247 e. The molecule has 106 valence electrons. The number of hydrogen-bond acceptors (Lipinski definition) is 3. The minimum Gasteiger partial charge on any atom is -0.359 e. The highest BCUT2D eigenvalue weighted by atomic mass is 79.9. The Bertz CT molecular complexity index is 714. The van der Waals surface area contributed by atoms with Crippen LogP contribution in [0.25, 0.3) is 11.3 Å². The zero-order valence-electron chi connectivity index (χ0n) is 11.2. The lowest BCUT2D eigenvalue weighted by Crippen LogP contribution is -2.23. The Hall–Kier alpha value is -2.14. The number of carbonyl (C=O) groups excluding carboxylic acids is 1. The van der Waals surface area contributed by atoms with Gasteiger partial charge in [0.2, 0.25) is 5.91 Å². The van der Waals surface area contributed by atoms with Gasteiger partial charge in [0.05, 0.1) is 6.54 Å². The van der Waals surface area contributed by atoms with Crippen LogP contribution in [-0.2, 0) is 11.3 Å². The second-order valence-electron chi connectivity index (χ2n) is 4.69. The zero-order valence-corrected chi connectivity index (χ0v) is 12.8. The SMILES string of the molecule is O=C(NCc1cc(-c2ccc(Br)cc2)no1)C1=CC=CC1. The normalized spacial score (nSPS) is 13.3. The van der Waals surface area contributed by atoms with Gasteiger partial charge in [-0.2, -0.15) is 0 Å². The number of aromatic nitrogens is 1. The molecule has 1 N–H and O–H groups in total. The van der Waals surface area contributed by atoms with Crippen LogP contribution < -0.4 is 5.32 Å². The first-order chi connectivity index (χ1) is 10.2. The van der Waals surface area contributed by atoms with Crippen molar-refractivity contribution in [1.29, 1.82) is 0 Å². The van der Waals surface area contributed by atoms with E-state index in [1.807, 2.05) is 48.6 Å². The summed E-state index contributed by atoms with van der Waals surface area (Å²) in [6.45, 7) is 0.333. The first kappa shape index (κ1) is 13.8. The molecule has 0 spiro atoms. The van der Waals surface area contributed by atoms with Gasteiger partial charge in [0.15, 0.2) is 5.76 Å². The molecular weight excluding hydrogens is 332 g/mol. The summed E-state index contributed by atoms with van der Waals surface area (Å²) in [5.41, 5.74) is 2.50. The van der Waals surface area contributed by atoms with E-state index in [0.717, 1.165) is 21.3 Å². The standard InChI is InChI=1S/C16H13BrN2O2/c17-13-7-5-11(6-8-13)15-9-14(21-19-15)10-18-16(20)12-3-1-2-4-12/h1-3,5-9H,4,10H2,(H,18,20). The molecule has 0 saturated heterocycles. The molecule has 1 aromatic carbocycles. The number of halogens is 1. The Balaban J connectivity index is 1.62. The van der Waals surface area contributed by atoms with Gasteiger partial charge in [-0.1, -0.05) is 51.4 Å². The predicted molar refractivity (Wildman–Crippen MR) is 83.3 cm³/mol. The van der Waals surface area contributed by atoms with E-state index >= 15 is 0 Å². The lowest BCUT2D eigenvalue weighted by atomic mass is 10.1. The van der Waals surface area contributed by atoms with Crippen LogP contribution >= 0.6 is 15.9 Å². The monoisotopic (exact) mass is 344 g/mol. The summed E-state index contributed by atoms with van der Waals surface area (Å²) in [6.07, 6.45) is 6.35. The summed E-state index contributed by atoms with van der Waals surface area (Å²) in [6, 6.07) is 9.65. The Morgan fingerprint density at radius 2 is 2.14 bits per heavy atom. The van der Waals surface area contributed by atoms with E-state index in [4.69, 9.17) is 4.52 Å². The van der Waals surface area contributed by atoms with Gasteiger partial charge >= 0.3 is 0 Å². The molecule has 5 heteroatoms. The molecule has 1 aromatic heterocycles. The molecule has 0 saturated carbocycles. The summed E-state index contributed by atoms with van der Waals surface area (Å²) in [5, 5.41) is 6.85. The number of rotatable bonds is 4. The minimum atomic E-state index is -0.0680. The van der Waals surface area contributed by atoms with Crippen LogP contribution in [0.4, 0.5) is 0 Å². The van der Waals surface area contributed by atoms with E-state index in [2.05, 4.69) is 26.4 Å². The largest absolute Gasteiger partial charge is 0.359 e. The van der Waals surface area contributed by atoms with Crippen molar-refractivity contribution in [1.82, 2.24) is 10.5 Å². The summed E-state index contributed by atoms with van der Waals surface area (Å²) in [7, 11) is 0. The molecule has 21 heavy (non-hydrogen) atoms. The van der Waals surface area contributed by atoms with Gasteiger partial charge in [-0.05, 0) is 18.6 Å². The second-order valence-corrected chi connectivity index (χ2v) is 5.61. The molecular formula is C16H13BrN2O2. The Kier molecular flexibility index (Phi) is 4.01. The fraction of sp³-hybridized carbons (Fsp3) is 0.125. The van der Waals surface area contributed by atoms with Gasteiger partial charge in [0.1, 0.15) is 5.69 Å². The van der Waals surface area contributed by atoms with Crippen LogP contribution in [0.15, 0.2) is 63.1 Å². The van der Waals surface area contributed by atoms with Gasteiger partial charge in [0, 0.05) is 21.7 Å². The second kappa shape index (κ2) is 6.10. The average Bonchev–Trinajstić information content (AvgIpc) is 3.17. The van der Waals surface area contributed by atoms with E-state index in [1.54, 1.807) is 0 Å². The molecule has 2 aromatic rings. The first-order valence-corrected chi connectivity index (χ1v) is 7.37. The zero-order chi connectivity index (χ0) is 14.7. The maximum absolute atomic E-state index is 11.8. The van der Waals surface area contributed by atoms with Crippen molar-refractivity contribution in [2.45, 2.75) is 13.0 Å². The molecule has 0 unspecified atom stereocenters. The van der Waals surface area contributed by atoms with Crippen molar-refractivity contribution in [3.05, 3.63) is 64.4 Å². The molecule has 3 rings (SSSR count). The molecule has 1 amide bonds. The van der Waals surface area contributed by atoms with Crippen LogP contribution in [-0.4, -0.2) is 11.1 Å². The van der Waals surface area contributed by atoms with Gasteiger partial charge in [-0.3, -0.25) is 4.79 Å². The highest BCUT2D eigenvalue weighted by molar-refractivity contribution is 9.10. The molecule has 0 bridgehead atoms. The number of amides is 1. The lowest BCUT2D eigenvalue weighted by molar-refractivity contribution is -0.117. The fourth-order valence-electron chi connectivity index (χ4n) is 2.05. The highest BCUT2D eigenvalue weighted by Gasteiger charge is 2.12. The van der Waals surface area contributed by atoms with Crippen LogP contribution in [0.3, 0.4) is 0 Å². The van der Waals surface area contributed by atoms with Gasteiger partial charge in [-0.15, -0.1) is 0 Å². The van der Waals surface area contributed by atoms with Crippen molar-refractivity contribution in [2.24, 2.45) is 0 Å². The third-order valence-electron chi connectivity index (χ3n) is 3.19. The number of benzene rings is 1. The van der Waals surface area contributed by atoms with E-state index in [1.165, 1.54) is 0 Å². The highest BCUT2D eigenvalue weighted by Crippen LogP contribution is 2.21. The number of allylic oxidation sites excluding steroid dienone is 3. The Morgan fingerprint density at radius 1 is 1.33 bits per heavy atom. The smallest absolute Gasteiger partial charge is 0.247 e. The first-order valence-electron chi connectivity index (χ1n) is 6.58. The lowest BCUT2D eigenvalue weighted by Gasteiger charge is -2.02. The Morgan fingerprint density at radius 3 is 2.86 bits per heavy atom. The molecule has 0 atom stereocenters. The minimum absolute atomic E-state index is 0.0680. The summed E-state index contributed by atoms with van der Waals surface area (Å²) in [4.78, 5) is 11.8. The van der Waals surface area contributed by atoms with Crippen LogP contribution in [0, 0.1) is 0 Å². The number of carbonyl (C=O) groups is 1. The third-order valence-corrected chi connectivity index (χ3v) is 3.71. The molecule has 1 heterocycles. The van der Waals surface area contributed by atoms with Crippen molar-refractivity contribution in [2.75, 3.05) is 0 Å². The molecule has 0 fully saturated rings. The van der Waals surface area contributed by atoms with Crippen molar-refractivity contribution in [3.63, 3.8) is 0 Å². The molecule has 0 radical (unpaired) electrons. The van der Waals surface area contributed by atoms with Crippen LogP contribution in [0.1, 0.15) is 12.2 Å². The predicted octanol–water partition coefficient (Wildman–Crippen LogP) is 3.61. The van der Waals surface area contributed by atoms with Gasteiger partial charge in [-0.25, -0.2) is 0 Å². The fourth-order valence-corrected chi connectivity index (χ4v) is 2.31. The van der Waals surface area contributed by atoms with Gasteiger partial charge in [0.25, 0.3) is 0 Å². The maximum atomic E-state index is 11.8. The van der Waals surface area contributed by atoms with E-state index in [0.29, 0.717) is 18.7 Å². The topological polar surface area (TPSA) is 55.1 Å². The third kappa shape index (κ3) is 3.31. The van der Waals surface area contributed by atoms with Crippen LogP contribution in [0.5, 0.6) is 0 Å². The Labute approximate surface area is 130 Å². The van der Waals surface area contributed by atoms with E-state index in [-0.39, 0.29) is 5.91 Å². The molecule has 1 aliphatic carbocycles. The summed E-state index contributed by atoms with van der Waals surface area (Å²) < 4.78 is 6.27. The molecule has 1 aliphatic rings. The molecule has 4 nitrogen and oxygen atoms in total. The number of hydrogen-bond donors (Lipinski definition) is 1. The quantitative estimate of drug-likeness (QED) is 0.921. The van der Waals surface area contributed by atoms with Crippen molar-refractivity contribution in [3.8, 4) is 11.3 Å². The van der Waals surface area contributed by atoms with E-state index < -0.39 is 0 Å². The van der Waals surface area contributed by atoms with Crippen molar-refractivity contribution >= 4 is 21.8 Å². The molecule has 0 aliphatic heterocycles. The van der Waals surface area contributed by atoms with Crippen molar-refractivity contribution < 1.29 is 9.32 Å².